The Bertz CT molecular complexity index is 878. The molecule has 1 aliphatic rings. The molecule has 0 fully saturated rings. The van der Waals surface area contributed by atoms with E-state index in [9.17, 15) is 0 Å². The minimum absolute atomic E-state index is 0. The van der Waals surface area contributed by atoms with Gasteiger partial charge in [0.05, 0.1) is 0 Å². The molecule has 21 heavy (non-hydrogen) atoms. The zero-order valence-corrected chi connectivity index (χ0v) is 15.2. The summed E-state index contributed by atoms with van der Waals surface area (Å²) in [5, 5.41) is 3.86. The minimum Gasteiger partial charge on any atom is -0.304 e. The van der Waals surface area contributed by atoms with E-state index in [2.05, 4.69) is 56.9 Å². The van der Waals surface area contributed by atoms with Crippen molar-refractivity contribution < 1.29 is 20.1 Å². The third kappa shape index (κ3) is 1.89. The van der Waals surface area contributed by atoms with Crippen molar-refractivity contribution in [2.45, 2.75) is 39.5 Å². The van der Waals surface area contributed by atoms with Gasteiger partial charge in [-0.25, -0.2) is 0 Å². The Morgan fingerprint density at radius 1 is 1.24 bits per heavy atom. The van der Waals surface area contributed by atoms with Gasteiger partial charge >= 0.3 is 0 Å². The number of aromatic nitrogens is 1. The average molecular weight is 453 g/mol. The van der Waals surface area contributed by atoms with Crippen LogP contribution in [0.25, 0.3) is 21.7 Å². The van der Waals surface area contributed by atoms with Crippen molar-refractivity contribution in [3.63, 3.8) is 0 Å². The van der Waals surface area contributed by atoms with Crippen LogP contribution in [0.5, 0.6) is 0 Å². The molecule has 1 aliphatic carbocycles. The first-order chi connectivity index (χ1) is 9.49. The standard InChI is InChI=1S/C19H18N.Ir/c1-11-5-6-13-14(9-11)12(2)15-10-19(3,4)16-7-8-20-18(13)17(15)16;/h5,7-9H,10H2,1-4H3;/q-1;. The molecule has 0 aliphatic heterocycles. The van der Waals surface area contributed by atoms with Crippen molar-refractivity contribution in [1.82, 2.24) is 4.98 Å². The third-order valence-electron chi connectivity index (χ3n) is 4.78. The van der Waals surface area contributed by atoms with Crippen LogP contribution < -0.4 is 0 Å². The minimum atomic E-state index is 0. The number of benzene rings is 2. The molecule has 1 nitrogen and oxygen atoms in total. The van der Waals surface area contributed by atoms with E-state index < -0.39 is 0 Å². The predicted octanol–water partition coefficient (Wildman–Crippen LogP) is 4.64. The van der Waals surface area contributed by atoms with Gasteiger partial charge < -0.3 is 4.98 Å². The molecule has 0 spiro atoms. The molecule has 0 saturated heterocycles. The van der Waals surface area contributed by atoms with Crippen molar-refractivity contribution in [2.75, 3.05) is 0 Å². The summed E-state index contributed by atoms with van der Waals surface area (Å²) in [6, 6.07) is 9.99. The number of hydrogen-bond acceptors (Lipinski definition) is 1. The largest absolute Gasteiger partial charge is 0.304 e. The third-order valence-corrected chi connectivity index (χ3v) is 4.78. The summed E-state index contributed by atoms with van der Waals surface area (Å²) in [5.41, 5.74) is 6.94. The van der Waals surface area contributed by atoms with E-state index in [-0.39, 0.29) is 25.5 Å². The van der Waals surface area contributed by atoms with Gasteiger partial charge in [-0.15, -0.1) is 34.5 Å². The smallest absolute Gasteiger partial charge is 0.0164 e. The maximum Gasteiger partial charge on any atom is 0.0164 e. The summed E-state index contributed by atoms with van der Waals surface area (Å²) in [6.45, 7) is 9.05. The van der Waals surface area contributed by atoms with Gasteiger partial charge in [0.2, 0.25) is 0 Å². The molecular formula is C19H18IrN-. The fourth-order valence-corrected chi connectivity index (χ4v) is 3.73. The van der Waals surface area contributed by atoms with Gasteiger partial charge in [0.1, 0.15) is 0 Å². The quantitative estimate of drug-likeness (QED) is 0.358. The van der Waals surface area contributed by atoms with E-state index in [1.54, 1.807) is 0 Å². The molecule has 4 rings (SSSR count). The molecule has 1 aromatic heterocycles. The summed E-state index contributed by atoms with van der Waals surface area (Å²) in [4.78, 5) is 4.68. The zero-order valence-electron chi connectivity index (χ0n) is 12.8. The summed E-state index contributed by atoms with van der Waals surface area (Å²) in [7, 11) is 0. The molecule has 1 radical (unpaired) electrons. The van der Waals surface area contributed by atoms with E-state index in [0.29, 0.717) is 0 Å². The van der Waals surface area contributed by atoms with Gasteiger partial charge in [-0.05, 0) is 41.3 Å². The first-order valence-electron chi connectivity index (χ1n) is 7.22. The molecule has 0 unspecified atom stereocenters. The average Bonchev–Trinajstić information content (AvgIpc) is 2.69. The van der Waals surface area contributed by atoms with E-state index in [0.717, 1.165) is 11.9 Å². The molecular weight excluding hydrogens is 434 g/mol. The Hall–Kier alpha value is -1.24. The van der Waals surface area contributed by atoms with E-state index in [4.69, 9.17) is 0 Å². The number of rotatable bonds is 0. The Morgan fingerprint density at radius 2 is 2.00 bits per heavy atom. The summed E-state index contributed by atoms with van der Waals surface area (Å²) >= 11 is 0. The van der Waals surface area contributed by atoms with Crippen LogP contribution in [0.4, 0.5) is 0 Å². The van der Waals surface area contributed by atoms with E-state index in [1.165, 1.54) is 38.4 Å². The normalized spacial score (nSPS) is 15.4. The molecule has 0 amide bonds. The molecule has 0 atom stereocenters. The van der Waals surface area contributed by atoms with Gasteiger partial charge in [0.15, 0.2) is 0 Å². The number of nitrogens with zero attached hydrogens (tertiary/aromatic N) is 1. The second-order valence-corrected chi connectivity index (χ2v) is 6.71. The second-order valence-electron chi connectivity index (χ2n) is 6.71. The van der Waals surface area contributed by atoms with Gasteiger partial charge in [0, 0.05) is 26.3 Å². The Morgan fingerprint density at radius 3 is 2.76 bits per heavy atom. The zero-order chi connectivity index (χ0) is 14.1. The van der Waals surface area contributed by atoms with Crippen LogP contribution in [0.2, 0.25) is 0 Å². The van der Waals surface area contributed by atoms with E-state index >= 15 is 0 Å². The fraction of sp³-hybridized carbons (Fsp3) is 0.316. The van der Waals surface area contributed by atoms with Crippen LogP contribution >= 0.6 is 0 Å². The molecule has 109 valence electrons. The number of fused-ring (bicyclic) bond motifs is 2. The molecule has 2 heteroatoms. The van der Waals surface area contributed by atoms with Crippen LogP contribution in [0.15, 0.2) is 24.4 Å². The monoisotopic (exact) mass is 453 g/mol. The number of aryl methyl sites for hydroxylation is 2. The summed E-state index contributed by atoms with van der Waals surface area (Å²) < 4.78 is 0. The molecule has 0 saturated carbocycles. The van der Waals surface area contributed by atoms with Crippen LogP contribution in [-0.2, 0) is 31.9 Å². The summed E-state index contributed by atoms with van der Waals surface area (Å²) in [6.07, 6.45) is 3.07. The second kappa shape index (κ2) is 4.63. The first-order valence-corrected chi connectivity index (χ1v) is 7.22. The maximum absolute atomic E-state index is 4.68. The fourth-order valence-electron chi connectivity index (χ4n) is 3.73. The predicted molar refractivity (Wildman–Crippen MR) is 84.3 cm³/mol. The Kier molecular flexibility index (Phi) is 3.24. The molecule has 3 aromatic rings. The number of pyridine rings is 1. The number of hydrogen-bond donors (Lipinski definition) is 0. The molecule has 0 bridgehead atoms. The SMILES string of the molecule is Cc1c[c-]c2c(c1)c(C)c1c3c(ccnc32)C(C)(C)C1.[Ir]. The van der Waals surface area contributed by atoms with Crippen LogP contribution in [-0.4, -0.2) is 4.98 Å². The van der Waals surface area contributed by atoms with Crippen molar-refractivity contribution >= 4 is 21.7 Å². The summed E-state index contributed by atoms with van der Waals surface area (Å²) in [5.74, 6) is 0. The van der Waals surface area contributed by atoms with E-state index in [1.807, 2.05) is 6.20 Å². The van der Waals surface area contributed by atoms with Crippen molar-refractivity contribution in [1.29, 1.82) is 0 Å². The van der Waals surface area contributed by atoms with Crippen LogP contribution in [0.1, 0.15) is 36.1 Å². The van der Waals surface area contributed by atoms with Gasteiger partial charge in [-0.2, -0.15) is 0 Å². The maximum atomic E-state index is 4.68. The molecule has 1 heterocycles. The van der Waals surface area contributed by atoms with Crippen molar-refractivity contribution in [2.24, 2.45) is 0 Å². The Balaban J connectivity index is 0.00000132. The van der Waals surface area contributed by atoms with Gasteiger partial charge in [0.25, 0.3) is 0 Å². The van der Waals surface area contributed by atoms with Crippen LogP contribution in [0, 0.1) is 19.9 Å². The topological polar surface area (TPSA) is 12.9 Å². The van der Waals surface area contributed by atoms with Crippen molar-refractivity contribution in [3.8, 4) is 0 Å². The van der Waals surface area contributed by atoms with Crippen molar-refractivity contribution in [3.05, 3.63) is 52.7 Å². The Labute approximate surface area is 139 Å². The first kappa shape index (κ1) is 14.7. The van der Waals surface area contributed by atoms with Crippen LogP contribution in [0.3, 0.4) is 0 Å². The molecule has 0 N–H and O–H groups in total. The molecule has 2 aromatic carbocycles. The van der Waals surface area contributed by atoms with Gasteiger partial charge in [-0.3, -0.25) is 0 Å². The van der Waals surface area contributed by atoms with Gasteiger partial charge in [-0.1, -0.05) is 31.9 Å².